The highest BCUT2D eigenvalue weighted by Crippen LogP contribution is 2.13. The number of allylic oxidation sites excluding steroid dienone is 2. The summed E-state index contributed by atoms with van der Waals surface area (Å²) in [5, 5.41) is 2.54. The van der Waals surface area contributed by atoms with E-state index < -0.39 is 5.41 Å². The minimum Gasteiger partial charge on any atom is -0.349 e. The summed E-state index contributed by atoms with van der Waals surface area (Å²) in [7, 11) is 0. The fraction of sp³-hybridized carbons (Fsp3) is 0.643. The van der Waals surface area contributed by atoms with E-state index in [-0.39, 0.29) is 36.9 Å². The first-order valence-corrected chi connectivity index (χ1v) is 6.10. The maximum Gasteiger partial charge on any atom is 0.220 e. The van der Waals surface area contributed by atoms with Gasteiger partial charge in [0.15, 0.2) is 11.6 Å². The zero-order chi connectivity index (χ0) is 14.3. The van der Waals surface area contributed by atoms with E-state index in [0.717, 1.165) is 5.57 Å². The van der Waals surface area contributed by atoms with Crippen molar-refractivity contribution in [1.82, 2.24) is 5.32 Å². The molecule has 0 saturated heterocycles. The lowest BCUT2D eigenvalue weighted by Gasteiger charge is -2.16. The molecule has 0 aliphatic rings. The zero-order valence-corrected chi connectivity index (χ0v) is 11.9. The second-order valence-electron chi connectivity index (χ2n) is 5.64. The number of carbonyl (C=O) groups is 3. The van der Waals surface area contributed by atoms with Crippen LogP contribution in [0.25, 0.3) is 0 Å². The van der Waals surface area contributed by atoms with Gasteiger partial charge in [-0.15, -0.1) is 0 Å². The molecule has 0 atom stereocenters. The second kappa shape index (κ2) is 7.09. The monoisotopic (exact) mass is 253 g/mol. The number of Topliss-reactive ketones (excluding diaryl/α,β-unsaturated/α-hetero) is 1. The smallest absolute Gasteiger partial charge is 0.220 e. The van der Waals surface area contributed by atoms with Gasteiger partial charge < -0.3 is 5.32 Å². The van der Waals surface area contributed by atoms with E-state index in [9.17, 15) is 14.4 Å². The normalized spacial score (nSPS) is 10.7. The van der Waals surface area contributed by atoms with Gasteiger partial charge in [-0.3, -0.25) is 14.4 Å². The Labute approximate surface area is 109 Å². The molecule has 0 aromatic rings. The van der Waals surface area contributed by atoms with Crippen molar-refractivity contribution >= 4 is 17.5 Å². The average molecular weight is 253 g/mol. The van der Waals surface area contributed by atoms with Crippen molar-refractivity contribution in [3.63, 3.8) is 0 Å². The van der Waals surface area contributed by atoms with Crippen molar-refractivity contribution in [3.05, 3.63) is 11.6 Å². The highest BCUT2D eigenvalue weighted by atomic mass is 16.2. The Morgan fingerprint density at radius 3 is 2.06 bits per heavy atom. The number of hydrogen-bond donors (Lipinski definition) is 1. The molecule has 0 rings (SSSR count). The van der Waals surface area contributed by atoms with Crippen LogP contribution in [0.15, 0.2) is 11.6 Å². The van der Waals surface area contributed by atoms with Crippen LogP contribution in [0.4, 0.5) is 0 Å². The van der Waals surface area contributed by atoms with Crippen LogP contribution >= 0.6 is 0 Å². The number of amides is 1. The predicted octanol–water partition coefficient (Wildman–Crippen LogP) is 2.03. The summed E-state index contributed by atoms with van der Waals surface area (Å²) in [5.74, 6) is -0.345. The highest BCUT2D eigenvalue weighted by molar-refractivity contribution is 5.94. The maximum absolute atomic E-state index is 11.6. The van der Waals surface area contributed by atoms with Gasteiger partial charge in [0.2, 0.25) is 5.91 Å². The maximum atomic E-state index is 11.6. The Balaban J connectivity index is 3.97. The van der Waals surface area contributed by atoms with Crippen molar-refractivity contribution in [2.45, 2.75) is 47.5 Å². The van der Waals surface area contributed by atoms with Crippen LogP contribution in [0, 0.1) is 5.41 Å². The van der Waals surface area contributed by atoms with Gasteiger partial charge in [-0.2, -0.15) is 0 Å². The van der Waals surface area contributed by atoms with Crippen LogP contribution in [0.5, 0.6) is 0 Å². The van der Waals surface area contributed by atoms with Crippen LogP contribution in [0.1, 0.15) is 47.5 Å². The number of carbonyl (C=O) groups excluding carboxylic acids is 3. The highest BCUT2D eigenvalue weighted by Gasteiger charge is 2.21. The van der Waals surface area contributed by atoms with Gasteiger partial charge in [0.05, 0.1) is 6.54 Å². The molecule has 0 aliphatic carbocycles. The van der Waals surface area contributed by atoms with Crippen molar-refractivity contribution in [1.29, 1.82) is 0 Å². The van der Waals surface area contributed by atoms with Gasteiger partial charge in [-0.05, 0) is 19.9 Å². The van der Waals surface area contributed by atoms with Gasteiger partial charge in [0.1, 0.15) is 0 Å². The first kappa shape index (κ1) is 16.6. The molecule has 0 spiro atoms. The molecule has 0 saturated carbocycles. The fourth-order valence-electron chi connectivity index (χ4n) is 1.16. The van der Waals surface area contributed by atoms with Crippen molar-refractivity contribution in [2.75, 3.05) is 6.54 Å². The molecule has 102 valence electrons. The lowest BCUT2D eigenvalue weighted by molar-refractivity contribution is -0.129. The van der Waals surface area contributed by atoms with Crippen molar-refractivity contribution in [3.8, 4) is 0 Å². The fourth-order valence-corrected chi connectivity index (χ4v) is 1.16. The SMILES string of the molecule is CC(C)=CC(=O)CCC(=O)NCC(=O)C(C)(C)C. The molecule has 0 radical (unpaired) electrons. The standard InChI is InChI=1S/C14H23NO3/c1-10(2)8-11(16)6-7-13(18)15-9-12(17)14(3,4)5/h8H,6-7,9H2,1-5H3,(H,15,18). The minimum absolute atomic E-state index is 0.0218. The Hall–Kier alpha value is -1.45. The van der Waals surface area contributed by atoms with Crippen LogP contribution in [0.2, 0.25) is 0 Å². The zero-order valence-electron chi connectivity index (χ0n) is 11.9. The first-order valence-electron chi connectivity index (χ1n) is 6.10. The van der Waals surface area contributed by atoms with E-state index in [0.29, 0.717) is 0 Å². The third kappa shape index (κ3) is 7.76. The van der Waals surface area contributed by atoms with Crippen LogP contribution in [0.3, 0.4) is 0 Å². The molecule has 4 nitrogen and oxygen atoms in total. The molecule has 0 aromatic carbocycles. The summed E-state index contributed by atoms with van der Waals surface area (Å²) in [6.07, 6.45) is 1.83. The third-order valence-electron chi connectivity index (χ3n) is 2.33. The number of hydrogen-bond acceptors (Lipinski definition) is 3. The summed E-state index contributed by atoms with van der Waals surface area (Å²) in [5.41, 5.74) is 0.467. The molecular weight excluding hydrogens is 230 g/mol. The summed E-state index contributed by atoms with van der Waals surface area (Å²) in [6.45, 7) is 9.11. The lowest BCUT2D eigenvalue weighted by Crippen LogP contribution is -2.35. The summed E-state index contributed by atoms with van der Waals surface area (Å²) in [4.78, 5) is 34.3. The van der Waals surface area contributed by atoms with Crippen LogP contribution in [-0.4, -0.2) is 24.0 Å². The van der Waals surface area contributed by atoms with E-state index in [2.05, 4.69) is 5.32 Å². The average Bonchev–Trinajstić information content (AvgIpc) is 2.20. The van der Waals surface area contributed by atoms with E-state index in [1.807, 2.05) is 13.8 Å². The number of nitrogens with one attached hydrogen (secondary N) is 1. The van der Waals surface area contributed by atoms with Gasteiger partial charge in [-0.25, -0.2) is 0 Å². The van der Waals surface area contributed by atoms with Gasteiger partial charge >= 0.3 is 0 Å². The number of ketones is 2. The molecular formula is C14H23NO3. The second-order valence-corrected chi connectivity index (χ2v) is 5.64. The van der Waals surface area contributed by atoms with Crippen molar-refractivity contribution in [2.24, 2.45) is 5.41 Å². The van der Waals surface area contributed by atoms with Gasteiger partial charge in [0.25, 0.3) is 0 Å². The third-order valence-corrected chi connectivity index (χ3v) is 2.33. The van der Waals surface area contributed by atoms with E-state index in [1.165, 1.54) is 6.08 Å². The summed E-state index contributed by atoms with van der Waals surface area (Å²) in [6, 6.07) is 0. The quantitative estimate of drug-likeness (QED) is 0.737. The Kier molecular flexibility index (Phi) is 6.52. The van der Waals surface area contributed by atoms with E-state index >= 15 is 0 Å². The Morgan fingerprint density at radius 2 is 1.61 bits per heavy atom. The molecule has 1 N–H and O–H groups in total. The van der Waals surface area contributed by atoms with Gasteiger partial charge in [0, 0.05) is 18.3 Å². The van der Waals surface area contributed by atoms with Crippen LogP contribution in [-0.2, 0) is 14.4 Å². The summed E-state index contributed by atoms with van der Waals surface area (Å²) >= 11 is 0. The first-order chi connectivity index (χ1) is 8.12. The largest absolute Gasteiger partial charge is 0.349 e. The van der Waals surface area contributed by atoms with Crippen LogP contribution < -0.4 is 5.32 Å². The molecule has 1 amide bonds. The molecule has 0 aromatic heterocycles. The molecule has 0 heterocycles. The molecule has 0 aliphatic heterocycles. The predicted molar refractivity (Wildman–Crippen MR) is 71.1 cm³/mol. The Morgan fingerprint density at radius 1 is 1.06 bits per heavy atom. The topological polar surface area (TPSA) is 63.2 Å². The molecule has 4 heteroatoms. The van der Waals surface area contributed by atoms with E-state index in [4.69, 9.17) is 0 Å². The Bertz CT molecular complexity index is 358. The van der Waals surface area contributed by atoms with Crippen molar-refractivity contribution < 1.29 is 14.4 Å². The molecule has 0 unspecified atom stereocenters. The van der Waals surface area contributed by atoms with E-state index in [1.54, 1.807) is 20.8 Å². The molecule has 18 heavy (non-hydrogen) atoms. The lowest BCUT2D eigenvalue weighted by atomic mass is 9.91. The molecule has 0 bridgehead atoms. The summed E-state index contributed by atoms with van der Waals surface area (Å²) < 4.78 is 0. The minimum atomic E-state index is -0.453. The molecule has 0 fully saturated rings. The van der Waals surface area contributed by atoms with Gasteiger partial charge in [-0.1, -0.05) is 26.3 Å². The number of rotatable bonds is 6.